The summed E-state index contributed by atoms with van der Waals surface area (Å²) in [5.74, 6) is -0.101. The molecule has 1 atom stereocenters. The van der Waals surface area contributed by atoms with E-state index in [0.29, 0.717) is 28.0 Å². The molecule has 0 bridgehead atoms. The monoisotopic (exact) mass is 478 g/mol. The first-order valence-corrected chi connectivity index (χ1v) is 12.3. The van der Waals surface area contributed by atoms with Gasteiger partial charge in [-0.3, -0.25) is 4.79 Å². The third kappa shape index (κ3) is 4.63. The van der Waals surface area contributed by atoms with Gasteiger partial charge in [0.15, 0.2) is 22.2 Å². The number of hydrogen-bond acceptors (Lipinski definition) is 5. The third-order valence-corrected chi connectivity index (χ3v) is 7.54. The number of benzene rings is 2. The average Bonchev–Trinajstić information content (AvgIpc) is 3.07. The van der Waals surface area contributed by atoms with Gasteiger partial charge in [-0.15, -0.1) is 0 Å². The molecule has 4 rings (SSSR count). The number of halogens is 2. The number of nitrogens with zero attached hydrogens (tertiary/aromatic N) is 2. The highest BCUT2D eigenvalue weighted by molar-refractivity contribution is 7.91. The minimum atomic E-state index is -3.17. The lowest BCUT2D eigenvalue weighted by Crippen LogP contribution is -2.43. The van der Waals surface area contributed by atoms with Crippen molar-refractivity contribution in [3.8, 4) is 5.75 Å². The van der Waals surface area contributed by atoms with Crippen LogP contribution in [0.3, 0.4) is 0 Å². The maximum Gasteiger partial charge on any atom is 0.265 e. The fourth-order valence-electron chi connectivity index (χ4n) is 3.76. The molecule has 162 valence electrons. The number of hydrogen-bond donors (Lipinski definition) is 0. The Morgan fingerprint density at radius 1 is 1.16 bits per heavy atom. The highest BCUT2D eigenvalue weighted by Gasteiger charge is 2.35. The van der Waals surface area contributed by atoms with Gasteiger partial charge in [-0.1, -0.05) is 41.4 Å². The van der Waals surface area contributed by atoms with E-state index in [1.54, 1.807) is 30.3 Å². The van der Waals surface area contributed by atoms with Crippen molar-refractivity contribution in [3.05, 3.63) is 64.3 Å². The van der Waals surface area contributed by atoms with Gasteiger partial charge >= 0.3 is 0 Å². The summed E-state index contributed by atoms with van der Waals surface area (Å²) in [5.41, 5.74) is 1.85. The van der Waals surface area contributed by atoms with Crippen LogP contribution in [0, 0.1) is 6.92 Å². The smallest absolute Gasteiger partial charge is 0.265 e. The van der Waals surface area contributed by atoms with Crippen molar-refractivity contribution in [1.29, 1.82) is 0 Å². The molecule has 0 unspecified atom stereocenters. The highest BCUT2D eigenvalue weighted by atomic mass is 35.5. The quantitative estimate of drug-likeness (QED) is 0.541. The first kappa shape index (κ1) is 21.9. The Morgan fingerprint density at radius 3 is 2.58 bits per heavy atom. The van der Waals surface area contributed by atoms with Gasteiger partial charge in [0.25, 0.3) is 5.91 Å². The summed E-state index contributed by atoms with van der Waals surface area (Å²) < 4.78 is 29.9. The maximum absolute atomic E-state index is 13.2. The van der Waals surface area contributed by atoms with Gasteiger partial charge in [0, 0.05) is 16.8 Å². The van der Waals surface area contributed by atoms with Crippen LogP contribution < -0.4 is 9.64 Å². The van der Waals surface area contributed by atoms with Crippen LogP contribution in [0.2, 0.25) is 10.0 Å². The van der Waals surface area contributed by atoms with Gasteiger partial charge in [-0.05, 0) is 43.7 Å². The number of sulfone groups is 1. The predicted molar refractivity (Wildman–Crippen MR) is 123 cm³/mol. The van der Waals surface area contributed by atoms with Gasteiger partial charge in [0.1, 0.15) is 5.52 Å². The molecule has 9 heteroatoms. The largest absolute Gasteiger partial charge is 0.480 e. The van der Waals surface area contributed by atoms with Crippen LogP contribution in [0.5, 0.6) is 5.75 Å². The number of fused-ring (bicyclic) bond motifs is 1. The van der Waals surface area contributed by atoms with Crippen LogP contribution in [-0.2, 0) is 14.6 Å². The van der Waals surface area contributed by atoms with E-state index in [2.05, 4.69) is 4.98 Å². The van der Waals surface area contributed by atoms with E-state index < -0.39 is 15.9 Å². The minimum absolute atomic E-state index is 0.0615. The topological polar surface area (TPSA) is 76.6 Å². The molecular formula is C22H20Cl2N2O4S. The first-order chi connectivity index (χ1) is 14.7. The summed E-state index contributed by atoms with van der Waals surface area (Å²) in [4.78, 5) is 19.2. The Kier molecular flexibility index (Phi) is 6.10. The molecule has 31 heavy (non-hydrogen) atoms. The van der Waals surface area contributed by atoms with Crippen molar-refractivity contribution in [2.75, 3.05) is 23.0 Å². The number of amides is 1. The molecule has 0 saturated carbocycles. The molecule has 1 aliphatic heterocycles. The van der Waals surface area contributed by atoms with E-state index in [-0.39, 0.29) is 34.8 Å². The molecule has 0 radical (unpaired) electrons. The Labute approximate surface area is 190 Å². The standard InChI is InChI=1S/C22H20Cl2N2O4S/c1-14-7-8-17-18(23)11-19(24)22(21(17)25-14)30-12-20(27)26(15-5-3-2-4-6-15)16-9-10-31(28,29)13-16/h2-8,11,16H,9-10,12-13H2,1H3/t16-/m1/s1. The number of pyridine rings is 1. The molecule has 1 fully saturated rings. The highest BCUT2D eigenvalue weighted by Crippen LogP contribution is 2.37. The molecule has 1 saturated heterocycles. The lowest BCUT2D eigenvalue weighted by Gasteiger charge is -2.28. The second-order valence-electron chi connectivity index (χ2n) is 7.46. The minimum Gasteiger partial charge on any atom is -0.480 e. The van der Waals surface area contributed by atoms with Crippen LogP contribution >= 0.6 is 23.2 Å². The molecule has 0 N–H and O–H groups in total. The summed E-state index contributed by atoms with van der Waals surface area (Å²) in [5, 5.41) is 1.35. The molecule has 0 aliphatic carbocycles. The number of anilines is 1. The van der Waals surface area contributed by atoms with Gasteiger partial charge in [-0.2, -0.15) is 0 Å². The molecule has 1 aromatic heterocycles. The van der Waals surface area contributed by atoms with Gasteiger partial charge in [-0.25, -0.2) is 13.4 Å². The molecule has 1 aliphatic rings. The van der Waals surface area contributed by atoms with E-state index in [9.17, 15) is 13.2 Å². The van der Waals surface area contributed by atoms with Crippen LogP contribution in [0.1, 0.15) is 12.1 Å². The summed E-state index contributed by atoms with van der Waals surface area (Å²) in [6.07, 6.45) is 0.383. The third-order valence-electron chi connectivity index (χ3n) is 5.19. The summed E-state index contributed by atoms with van der Waals surface area (Å²) in [7, 11) is -3.17. The molecule has 2 aromatic carbocycles. The number of para-hydroxylation sites is 1. The van der Waals surface area contributed by atoms with Crippen molar-refractivity contribution < 1.29 is 17.9 Å². The van der Waals surface area contributed by atoms with E-state index in [1.807, 2.05) is 25.1 Å². The second kappa shape index (κ2) is 8.65. The average molecular weight is 479 g/mol. The van der Waals surface area contributed by atoms with E-state index in [4.69, 9.17) is 27.9 Å². The predicted octanol–water partition coefficient (Wildman–Crippen LogP) is 4.45. The van der Waals surface area contributed by atoms with Crippen molar-refractivity contribution in [1.82, 2.24) is 4.98 Å². The number of carbonyl (C=O) groups is 1. The Hall–Kier alpha value is -2.35. The zero-order valence-corrected chi connectivity index (χ0v) is 19.0. The zero-order chi connectivity index (χ0) is 22.2. The number of ether oxygens (including phenoxy) is 1. The van der Waals surface area contributed by atoms with Crippen LogP contribution in [-0.4, -0.2) is 43.5 Å². The lowest BCUT2D eigenvalue weighted by molar-refractivity contribution is -0.120. The Bertz CT molecular complexity index is 1250. The number of rotatable bonds is 5. The van der Waals surface area contributed by atoms with Gasteiger partial charge < -0.3 is 9.64 Å². The van der Waals surface area contributed by atoms with E-state index in [1.165, 1.54) is 4.90 Å². The lowest BCUT2D eigenvalue weighted by atomic mass is 10.1. The molecule has 1 amide bonds. The van der Waals surface area contributed by atoms with E-state index >= 15 is 0 Å². The van der Waals surface area contributed by atoms with Crippen molar-refractivity contribution >= 4 is 55.5 Å². The van der Waals surface area contributed by atoms with Crippen LogP contribution in [0.15, 0.2) is 48.5 Å². The van der Waals surface area contributed by atoms with Crippen molar-refractivity contribution in [2.24, 2.45) is 0 Å². The molecule has 3 aromatic rings. The Morgan fingerprint density at radius 2 is 1.90 bits per heavy atom. The van der Waals surface area contributed by atoms with E-state index in [0.717, 1.165) is 5.69 Å². The van der Waals surface area contributed by atoms with Crippen molar-refractivity contribution in [2.45, 2.75) is 19.4 Å². The maximum atomic E-state index is 13.2. The SMILES string of the molecule is Cc1ccc2c(Cl)cc(Cl)c(OCC(=O)N(c3ccccc3)[C@@H]3CCS(=O)(=O)C3)c2n1. The Balaban J connectivity index is 1.64. The van der Waals surface area contributed by atoms with Crippen LogP contribution in [0.25, 0.3) is 10.9 Å². The first-order valence-electron chi connectivity index (χ1n) is 9.71. The molecule has 6 nitrogen and oxygen atoms in total. The van der Waals surface area contributed by atoms with Crippen LogP contribution in [0.4, 0.5) is 5.69 Å². The number of aromatic nitrogens is 1. The van der Waals surface area contributed by atoms with Gasteiger partial charge in [0.2, 0.25) is 0 Å². The fraction of sp³-hybridized carbons (Fsp3) is 0.273. The number of carbonyl (C=O) groups excluding carboxylic acids is 1. The fourth-order valence-corrected chi connectivity index (χ4v) is 6.03. The summed E-state index contributed by atoms with van der Waals surface area (Å²) >= 11 is 12.6. The zero-order valence-electron chi connectivity index (χ0n) is 16.7. The molecule has 2 heterocycles. The summed E-state index contributed by atoms with van der Waals surface area (Å²) in [6.45, 7) is 1.51. The van der Waals surface area contributed by atoms with Gasteiger partial charge in [0.05, 0.1) is 27.6 Å². The molecular weight excluding hydrogens is 459 g/mol. The number of aryl methyl sites for hydroxylation is 1. The molecule has 0 spiro atoms. The van der Waals surface area contributed by atoms with Crippen molar-refractivity contribution in [3.63, 3.8) is 0 Å². The second-order valence-corrected chi connectivity index (χ2v) is 10.5. The normalized spacial score (nSPS) is 17.6. The summed E-state index contributed by atoms with van der Waals surface area (Å²) in [6, 6.07) is 13.8.